The molecule has 0 aliphatic rings. The van der Waals surface area contributed by atoms with Crippen LogP contribution in [0.15, 0.2) is 30.3 Å². The zero-order chi connectivity index (χ0) is 23.3. The maximum absolute atomic E-state index is 13.2. The summed E-state index contributed by atoms with van der Waals surface area (Å²) in [6.45, 7) is 12.4. The van der Waals surface area contributed by atoms with Gasteiger partial charge in [-0.3, -0.25) is 4.79 Å². The third-order valence-electron chi connectivity index (χ3n) is 5.50. The standard InChI is InChI=1S/C23H37NO5S/c1-15(16-12-10-9-11-13-16)19(26)29-17(18(30-8)21(2,3)4)23(24,22(5,6)7)20(27)28-14-25/h9-13,15,17-18,25H,14,24H2,1-8H3. The van der Waals surface area contributed by atoms with E-state index in [4.69, 9.17) is 15.2 Å². The lowest BCUT2D eigenvalue weighted by atomic mass is 9.67. The number of esters is 2. The Balaban J connectivity index is 3.50. The normalized spacial score (nSPS) is 17.4. The molecule has 0 amide bonds. The van der Waals surface area contributed by atoms with Crippen molar-refractivity contribution in [1.82, 2.24) is 0 Å². The average Bonchev–Trinajstić information content (AvgIpc) is 2.65. The van der Waals surface area contributed by atoms with Crippen LogP contribution >= 0.6 is 11.8 Å². The van der Waals surface area contributed by atoms with Gasteiger partial charge in [0.15, 0.2) is 12.3 Å². The van der Waals surface area contributed by atoms with Crippen molar-refractivity contribution in [2.45, 2.75) is 71.3 Å². The molecular formula is C23H37NO5S. The van der Waals surface area contributed by atoms with Crippen LogP contribution in [0.2, 0.25) is 0 Å². The van der Waals surface area contributed by atoms with Crippen LogP contribution in [0.3, 0.4) is 0 Å². The predicted octanol–water partition coefficient (Wildman–Crippen LogP) is 3.72. The maximum atomic E-state index is 13.2. The van der Waals surface area contributed by atoms with Gasteiger partial charge in [-0.15, -0.1) is 0 Å². The highest BCUT2D eigenvalue weighted by molar-refractivity contribution is 7.99. The molecule has 0 heterocycles. The lowest BCUT2D eigenvalue weighted by molar-refractivity contribution is -0.178. The first-order valence-corrected chi connectivity index (χ1v) is 11.4. The van der Waals surface area contributed by atoms with Gasteiger partial charge >= 0.3 is 11.9 Å². The van der Waals surface area contributed by atoms with E-state index in [9.17, 15) is 14.7 Å². The Morgan fingerprint density at radius 2 is 1.63 bits per heavy atom. The Kier molecular flexibility index (Phi) is 8.96. The smallest absolute Gasteiger partial charge is 0.332 e. The van der Waals surface area contributed by atoms with Crippen molar-refractivity contribution in [3.63, 3.8) is 0 Å². The molecule has 30 heavy (non-hydrogen) atoms. The van der Waals surface area contributed by atoms with Crippen LogP contribution in [-0.2, 0) is 19.1 Å². The number of hydrogen-bond donors (Lipinski definition) is 2. The minimum atomic E-state index is -1.68. The number of thioether (sulfide) groups is 1. The van der Waals surface area contributed by atoms with Gasteiger partial charge in [-0.25, -0.2) is 4.79 Å². The molecule has 3 N–H and O–H groups in total. The molecule has 0 aliphatic heterocycles. The molecule has 1 rings (SSSR count). The van der Waals surface area contributed by atoms with Crippen LogP contribution in [0.4, 0.5) is 0 Å². The molecule has 0 fully saturated rings. The number of rotatable bonds is 8. The third kappa shape index (κ3) is 5.77. The second-order valence-electron chi connectivity index (χ2n) is 9.69. The summed E-state index contributed by atoms with van der Waals surface area (Å²) in [5.74, 6) is -1.80. The van der Waals surface area contributed by atoms with Crippen LogP contribution in [0.1, 0.15) is 59.9 Å². The molecule has 1 aromatic rings. The Labute approximate surface area is 184 Å². The molecule has 7 heteroatoms. The van der Waals surface area contributed by atoms with Crippen molar-refractivity contribution in [3.05, 3.63) is 35.9 Å². The first kappa shape index (κ1) is 26.5. The van der Waals surface area contributed by atoms with Gasteiger partial charge < -0.3 is 20.3 Å². The molecule has 4 unspecified atom stereocenters. The number of ether oxygens (including phenoxy) is 2. The Hall–Kier alpha value is -1.57. The first-order valence-electron chi connectivity index (χ1n) is 10.1. The maximum Gasteiger partial charge on any atom is 0.332 e. The van der Waals surface area contributed by atoms with Crippen LogP contribution in [-0.4, -0.2) is 47.0 Å². The van der Waals surface area contributed by atoms with E-state index in [2.05, 4.69) is 0 Å². The summed E-state index contributed by atoms with van der Waals surface area (Å²) in [6.07, 6.45) is 0.919. The van der Waals surface area contributed by atoms with E-state index in [-0.39, 0.29) is 10.7 Å². The molecule has 0 saturated heterocycles. The van der Waals surface area contributed by atoms with Gasteiger partial charge in [0.25, 0.3) is 0 Å². The number of carbonyl (C=O) groups excluding carboxylic acids is 2. The van der Waals surface area contributed by atoms with Crippen molar-refractivity contribution in [3.8, 4) is 0 Å². The van der Waals surface area contributed by atoms with Gasteiger partial charge in [-0.1, -0.05) is 71.9 Å². The summed E-state index contributed by atoms with van der Waals surface area (Å²) in [6, 6.07) is 9.31. The third-order valence-corrected chi connectivity index (χ3v) is 6.96. The van der Waals surface area contributed by atoms with Crippen molar-refractivity contribution in [2.24, 2.45) is 16.6 Å². The SMILES string of the molecule is CSC(C(OC(=O)C(C)c1ccccc1)C(N)(C(=O)OCO)C(C)(C)C)C(C)(C)C. The van der Waals surface area contributed by atoms with Gasteiger partial charge in [0.1, 0.15) is 6.10 Å². The van der Waals surface area contributed by atoms with Gasteiger partial charge in [-0.05, 0) is 29.6 Å². The highest BCUT2D eigenvalue weighted by Gasteiger charge is 2.58. The van der Waals surface area contributed by atoms with E-state index in [0.29, 0.717) is 0 Å². The average molecular weight is 440 g/mol. The highest BCUT2D eigenvalue weighted by Crippen LogP contribution is 2.43. The van der Waals surface area contributed by atoms with E-state index >= 15 is 0 Å². The highest BCUT2D eigenvalue weighted by atomic mass is 32.2. The summed E-state index contributed by atoms with van der Waals surface area (Å²) >= 11 is 1.49. The number of aliphatic hydroxyl groups excluding tert-OH is 1. The molecule has 0 aromatic heterocycles. The summed E-state index contributed by atoms with van der Waals surface area (Å²) in [5.41, 5.74) is 4.71. The molecule has 6 nitrogen and oxygen atoms in total. The van der Waals surface area contributed by atoms with Crippen LogP contribution < -0.4 is 5.73 Å². The fourth-order valence-corrected chi connectivity index (χ4v) is 4.68. The van der Waals surface area contributed by atoms with Crippen LogP contribution in [0, 0.1) is 10.8 Å². The van der Waals surface area contributed by atoms with Crippen LogP contribution in [0.5, 0.6) is 0 Å². The second-order valence-corrected chi connectivity index (χ2v) is 10.7. The summed E-state index contributed by atoms with van der Waals surface area (Å²) in [5, 5.41) is 8.90. The van der Waals surface area contributed by atoms with E-state index in [1.54, 1.807) is 27.7 Å². The molecule has 0 spiro atoms. The largest absolute Gasteiger partial charge is 0.458 e. The number of hydrogen-bond acceptors (Lipinski definition) is 7. The Morgan fingerprint density at radius 3 is 2.03 bits per heavy atom. The lowest BCUT2D eigenvalue weighted by Gasteiger charge is -2.49. The van der Waals surface area contributed by atoms with Gasteiger partial charge in [-0.2, -0.15) is 11.8 Å². The predicted molar refractivity (Wildman–Crippen MR) is 121 cm³/mol. The van der Waals surface area contributed by atoms with Gasteiger partial charge in [0, 0.05) is 5.25 Å². The topological polar surface area (TPSA) is 98.9 Å². The molecule has 1 aromatic carbocycles. The Morgan fingerprint density at radius 1 is 1.10 bits per heavy atom. The molecule has 0 radical (unpaired) electrons. The molecule has 170 valence electrons. The van der Waals surface area contributed by atoms with Crippen molar-refractivity contribution in [2.75, 3.05) is 13.0 Å². The summed E-state index contributed by atoms with van der Waals surface area (Å²) in [4.78, 5) is 26.2. The number of benzene rings is 1. The monoisotopic (exact) mass is 439 g/mol. The quantitative estimate of drug-likeness (QED) is 0.470. The molecular weight excluding hydrogens is 402 g/mol. The van der Waals surface area contributed by atoms with Crippen molar-refractivity contribution in [1.29, 1.82) is 0 Å². The van der Waals surface area contributed by atoms with Crippen LogP contribution in [0.25, 0.3) is 0 Å². The Bertz CT molecular complexity index is 711. The lowest BCUT2D eigenvalue weighted by Crippen LogP contribution is -2.70. The van der Waals surface area contributed by atoms with E-state index in [1.807, 2.05) is 57.4 Å². The number of aliphatic hydroxyl groups is 1. The molecule has 4 atom stereocenters. The van der Waals surface area contributed by atoms with Gasteiger partial charge in [0.05, 0.1) is 5.92 Å². The summed E-state index contributed by atoms with van der Waals surface area (Å²) in [7, 11) is 0. The minimum Gasteiger partial charge on any atom is -0.458 e. The molecule has 0 bridgehead atoms. The molecule has 0 saturated carbocycles. The van der Waals surface area contributed by atoms with E-state index in [0.717, 1.165) is 5.56 Å². The van der Waals surface area contributed by atoms with E-state index in [1.165, 1.54) is 11.8 Å². The first-order chi connectivity index (χ1) is 13.7. The van der Waals surface area contributed by atoms with Crippen molar-refractivity contribution < 1.29 is 24.2 Å². The van der Waals surface area contributed by atoms with E-state index < -0.39 is 41.7 Å². The van der Waals surface area contributed by atoms with Crippen molar-refractivity contribution >= 4 is 23.7 Å². The van der Waals surface area contributed by atoms with Gasteiger partial charge in [0.2, 0.25) is 0 Å². The number of carbonyl (C=O) groups is 2. The summed E-state index contributed by atoms with van der Waals surface area (Å²) < 4.78 is 11.0. The number of nitrogens with two attached hydrogens (primary N) is 1. The zero-order valence-corrected chi connectivity index (χ0v) is 20.2. The minimum absolute atomic E-state index is 0.306. The zero-order valence-electron chi connectivity index (χ0n) is 19.4. The molecule has 0 aliphatic carbocycles. The fraction of sp³-hybridized carbons (Fsp3) is 0.652. The second kappa shape index (κ2) is 10.2. The fourth-order valence-electron chi connectivity index (χ4n) is 3.46.